The Kier molecular flexibility index (Phi) is 5.82. The van der Waals surface area contributed by atoms with Gasteiger partial charge in [-0.1, -0.05) is 30.0 Å². The van der Waals surface area contributed by atoms with E-state index in [0.29, 0.717) is 10.6 Å². The molecule has 0 aliphatic rings. The van der Waals surface area contributed by atoms with Crippen molar-refractivity contribution in [2.24, 2.45) is 0 Å². The minimum atomic E-state index is -4.45. The quantitative estimate of drug-likeness (QED) is 0.648. The molecule has 24 heavy (non-hydrogen) atoms. The Morgan fingerprint density at radius 2 is 1.96 bits per heavy atom. The fraction of sp³-hybridized carbons (Fsp3) is 0.250. The number of alkyl halides is 3. The van der Waals surface area contributed by atoms with Gasteiger partial charge in [-0.3, -0.25) is 4.79 Å². The SMILES string of the molecule is CC(Sc1ccc(C(F)(F)F)cn1)C(=O)NCc1ccccc1F. The molecule has 0 fully saturated rings. The maximum absolute atomic E-state index is 13.5. The second-order valence-electron chi connectivity index (χ2n) is 4.95. The summed E-state index contributed by atoms with van der Waals surface area (Å²) in [5.74, 6) is -0.771. The summed E-state index contributed by atoms with van der Waals surface area (Å²) in [4.78, 5) is 15.7. The number of carbonyl (C=O) groups is 1. The highest BCUT2D eigenvalue weighted by Gasteiger charge is 2.30. The zero-order valence-electron chi connectivity index (χ0n) is 12.6. The predicted octanol–water partition coefficient (Wildman–Crippen LogP) is 4.04. The summed E-state index contributed by atoms with van der Waals surface area (Å²) >= 11 is 1.03. The van der Waals surface area contributed by atoms with Crippen LogP contribution in [0.4, 0.5) is 17.6 Å². The van der Waals surface area contributed by atoms with Gasteiger partial charge in [0.1, 0.15) is 5.82 Å². The molecule has 0 saturated carbocycles. The number of thioether (sulfide) groups is 1. The van der Waals surface area contributed by atoms with Gasteiger partial charge in [0, 0.05) is 18.3 Å². The first-order chi connectivity index (χ1) is 11.3. The molecule has 0 radical (unpaired) electrons. The number of nitrogens with zero attached hydrogens (tertiary/aromatic N) is 1. The fourth-order valence-electron chi connectivity index (χ4n) is 1.82. The van der Waals surface area contributed by atoms with Crippen molar-refractivity contribution >= 4 is 17.7 Å². The summed E-state index contributed by atoms with van der Waals surface area (Å²) in [6.45, 7) is 1.64. The van der Waals surface area contributed by atoms with Crippen LogP contribution in [-0.2, 0) is 17.5 Å². The molecule has 2 aromatic rings. The zero-order chi connectivity index (χ0) is 17.7. The molecule has 0 aliphatic heterocycles. The Morgan fingerprint density at radius 3 is 2.54 bits per heavy atom. The van der Waals surface area contributed by atoms with Gasteiger partial charge in [0.15, 0.2) is 0 Å². The highest BCUT2D eigenvalue weighted by atomic mass is 32.2. The van der Waals surface area contributed by atoms with Crippen LogP contribution in [0.15, 0.2) is 47.6 Å². The standard InChI is InChI=1S/C16H14F4N2OS/c1-10(15(23)22-8-11-4-2-3-5-13(11)17)24-14-7-6-12(9-21-14)16(18,19)20/h2-7,9-10H,8H2,1H3,(H,22,23). The highest BCUT2D eigenvalue weighted by molar-refractivity contribution is 8.00. The first-order valence-electron chi connectivity index (χ1n) is 6.98. The Labute approximate surface area is 140 Å². The molecule has 3 nitrogen and oxygen atoms in total. The number of nitrogens with one attached hydrogen (secondary N) is 1. The van der Waals surface area contributed by atoms with E-state index in [4.69, 9.17) is 0 Å². The van der Waals surface area contributed by atoms with E-state index in [1.807, 2.05) is 0 Å². The van der Waals surface area contributed by atoms with Crippen LogP contribution < -0.4 is 5.32 Å². The Bertz CT molecular complexity index is 704. The molecule has 2 rings (SSSR count). The summed E-state index contributed by atoms with van der Waals surface area (Å²) < 4.78 is 50.9. The smallest absolute Gasteiger partial charge is 0.351 e. The second-order valence-corrected chi connectivity index (χ2v) is 6.31. The molecule has 0 bridgehead atoms. The van der Waals surface area contributed by atoms with Gasteiger partial charge in [-0.2, -0.15) is 13.2 Å². The average molecular weight is 358 g/mol. The molecular weight excluding hydrogens is 344 g/mol. The lowest BCUT2D eigenvalue weighted by atomic mass is 10.2. The van der Waals surface area contributed by atoms with E-state index in [1.54, 1.807) is 25.1 Å². The third-order valence-corrected chi connectivity index (χ3v) is 4.19. The number of hydrogen-bond acceptors (Lipinski definition) is 3. The number of rotatable bonds is 5. The second kappa shape index (κ2) is 7.65. The van der Waals surface area contributed by atoms with Crippen LogP contribution in [0.2, 0.25) is 0 Å². The van der Waals surface area contributed by atoms with Gasteiger partial charge in [-0.15, -0.1) is 0 Å². The van der Waals surface area contributed by atoms with Crippen molar-refractivity contribution in [3.8, 4) is 0 Å². The van der Waals surface area contributed by atoms with E-state index < -0.39 is 22.8 Å². The lowest BCUT2D eigenvalue weighted by Gasteiger charge is -2.12. The van der Waals surface area contributed by atoms with Gasteiger partial charge in [0.25, 0.3) is 0 Å². The van der Waals surface area contributed by atoms with Crippen molar-refractivity contribution in [2.75, 3.05) is 0 Å². The van der Waals surface area contributed by atoms with Gasteiger partial charge in [-0.05, 0) is 25.1 Å². The monoisotopic (exact) mass is 358 g/mol. The molecule has 0 spiro atoms. The minimum Gasteiger partial charge on any atom is -0.351 e. The number of pyridine rings is 1. The van der Waals surface area contributed by atoms with Crippen LogP contribution in [0.3, 0.4) is 0 Å². The third kappa shape index (κ3) is 4.95. The summed E-state index contributed by atoms with van der Waals surface area (Å²) in [5, 5.41) is 2.31. The number of halogens is 4. The van der Waals surface area contributed by atoms with Crippen molar-refractivity contribution in [1.29, 1.82) is 0 Å². The average Bonchev–Trinajstić information content (AvgIpc) is 2.53. The van der Waals surface area contributed by atoms with Crippen molar-refractivity contribution in [3.05, 3.63) is 59.5 Å². The normalized spacial score (nSPS) is 12.7. The molecule has 1 aromatic carbocycles. The van der Waals surface area contributed by atoms with Crippen LogP contribution in [-0.4, -0.2) is 16.1 Å². The van der Waals surface area contributed by atoms with Crippen LogP contribution in [0.5, 0.6) is 0 Å². The van der Waals surface area contributed by atoms with Crippen molar-refractivity contribution in [3.63, 3.8) is 0 Å². The number of benzene rings is 1. The number of carbonyl (C=O) groups excluding carboxylic acids is 1. The maximum Gasteiger partial charge on any atom is 0.417 e. The lowest BCUT2D eigenvalue weighted by molar-refractivity contribution is -0.137. The van der Waals surface area contributed by atoms with Gasteiger partial charge in [0.2, 0.25) is 5.91 Å². The van der Waals surface area contributed by atoms with Gasteiger partial charge < -0.3 is 5.32 Å². The largest absolute Gasteiger partial charge is 0.417 e. The highest BCUT2D eigenvalue weighted by Crippen LogP contribution is 2.30. The van der Waals surface area contributed by atoms with E-state index in [2.05, 4.69) is 10.3 Å². The van der Waals surface area contributed by atoms with E-state index in [0.717, 1.165) is 24.0 Å². The third-order valence-electron chi connectivity index (χ3n) is 3.14. The Morgan fingerprint density at radius 1 is 1.25 bits per heavy atom. The number of aromatic nitrogens is 1. The molecule has 1 atom stereocenters. The molecule has 0 aliphatic carbocycles. The van der Waals surface area contributed by atoms with Crippen LogP contribution in [0.1, 0.15) is 18.1 Å². The van der Waals surface area contributed by atoms with E-state index >= 15 is 0 Å². The first-order valence-corrected chi connectivity index (χ1v) is 7.86. The fourth-order valence-corrected chi connectivity index (χ4v) is 2.63. The minimum absolute atomic E-state index is 0.0385. The van der Waals surface area contributed by atoms with Gasteiger partial charge in [-0.25, -0.2) is 9.37 Å². The van der Waals surface area contributed by atoms with Crippen molar-refractivity contribution < 1.29 is 22.4 Å². The van der Waals surface area contributed by atoms with Crippen LogP contribution >= 0.6 is 11.8 Å². The zero-order valence-corrected chi connectivity index (χ0v) is 13.4. The summed E-state index contributed by atoms with van der Waals surface area (Å²) in [6, 6.07) is 8.20. The van der Waals surface area contributed by atoms with Crippen LogP contribution in [0.25, 0.3) is 0 Å². The Balaban J connectivity index is 1.91. The first kappa shape index (κ1) is 18.3. The van der Waals surface area contributed by atoms with Crippen molar-refractivity contribution in [1.82, 2.24) is 10.3 Å². The number of hydrogen-bond donors (Lipinski definition) is 1. The molecule has 1 N–H and O–H groups in total. The number of amides is 1. The maximum atomic E-state index is 13.5. The predicted molar refractivity (Wildman–Crippen MR) is 82.8 cm³/mol. The van der Waals surface area contributed by atoms with Gasteiger partial charge in [0.05, 0.1) is 15.8 Å². The summed E-state index contributed by atoms with van der Waals surface area (Å²) in [7, 11) is 0. The molecule has 1 unspecified atom stereocenters. The molecule has 1 aromatic heterocycles. The van der Waals surface area contributed by atoms with E-state index in [9.17, 15) is 22.4 Å². The molecule has 1 amide bonds. The summed E-state index contributed by atoms with van der Waals surface area (Å²) in [5.41, 5.74) is -0.487. The van der Waals surface area contributed by atoms with Crippen LogP contribution in [0, 0.1) is 5.82 Å². The van der Waals surface area contributed by atoms with E-state index in [-0.39, 0.29) is 12.5 Å². The molecule has 0 saturated heterocycles. The molecular formula is C16H14F4N2OS. The molecule has 1 heterocycles. The van der Waals surface area contributed by atoms with Crippen molar-refractivity contribution in [2.45, 2.75) is 29.9 Å². The Hall–Kier alpha value is -2.09. The molecule has 128 valence electrons. The van der Waals surface area contributed by atoms with Gasteiger partial charge >= 0.3 is 6.18 Å². The lowest BCUT2D eigenvalue weighted by Crippen LogP contribution is -2.30. The topological polar surface area (TPSA) is 42.0 Å². The summed E-state index contributed by atoms with van der Waals surface area (Å²) in [6.07, 6.45) is -3.72. The molecule has 8 heteroatoms. The van der Waals surface area contributed by atoms with E-state index in [1.165, 1.54) is 12.1 Å².